The van der Waals surface area contributed by atoms with E-state index in [-0.39, 0.29) is 0 Å². The molecule has 0 amide bonds. The van der Waals surface area contributed by atoms with E-state index in [1.807, 2.05) is 30.3 Å². The number of fused-ring (bicyclic) bond motifs is 2. The Morgan fingerprint density at radius 1 is 0.875 bits per heavy atom. The minimum absolute atomic E-state index is 0.336. The van der Waals surface area contributed by atoms with E-state index in [9.17, 15) is 0 Å². The van der Waals surface area contributed by atoms with Gasteiger partial charge in [0.05, 0.1) is 6.61 Å². The first-order valence-corrected chi connectivity index (χ1v) is 9.05. The summed E-state index contributed by atoms with van der Waals surface area (Å²) in [5.74, 6) is 1.82. The zero-order chi connectivity index (χ0) is 16.2. The van der Waals surface area contributed by atoms with Crippen LogP contribution in [0.15, 0.2) is 54.6 Å². The Bertz CT molecular complexity index is 646. The van der Waals surface area contributed by atoms with E-state index in [2.05, 4.69) is 29.6 Å². The van der Waals surface area contributed by atoms with Crippen LogP contribution in [0.5, 0.6) is 11.5 Å². The van der Waals surface area contributed by atoms with E-state index in [0.717, 1.165) is 30.8 Å². The van der Waals surface area contributed by atoms with Gasteiger partial charge >= 0.3 is 0 Å². The lowest BCUT2D eigenvalue weighted by atomic mass is 10.0. The molecule has 4 rings (SSSR count). The van der Waals surface area contributed by atoms with Crippen LogP contribution in [-0.4, -0.2) is 24.8 Å². The van der Waals surface area contributed by atoms with Crippen molar-refractivity contribution in [1.29, 1.82) is 0 Å². The zero-order valence-corrected chi connectivity index (χ0v) is 14.0. The van der Waals surface area contributed by atoms with Crippen molar-refractivity contribution in [3.63, 3.8) is 0 Å². The van der Waals surface area contributed by atoms with Crippen molar-refractivity contribution in [1.82, 2.24) is 5.32 Å². The fourth-order valence-electron chi connectivity index (χ4n) is 3.86. The third kappa shape index (κ3) is 3.90. The van der Waals surface area contributed by atoms with Gasteiger partial charge in [0, 0.05) is 24.6 Å². The fraction of sp³-hybridized carbons (Fsp3) is 0.429. The average Bonchev–Trinajstić information content (AvgIpc) is 2.95. The molecule has 2 aliphatic rings. The van der Waals surface area contributed by atoms with Gasteiger partial charge < -0.3 is 14.8 Å². The molecule has 2 saturated heterocycles. The largest absolute Gasteiger partial charge is 0.493 e. The van der Waals surface area contributed by atoms with Crippen LogP contribution in [0.2, 0.25) is 0 Å². The summed E-state index contributed by atoms with van der Waals surface area (Å²) in [7, 11) is 0. The quantitative estimate of drug-likeness (QED) is 0.872. The molecule has 3 heteroatoms. The molecule has 0 aliphatic carbocycles. The van der Waals surface area contributed by atoms with E-state index in [4.69, 9.17) is 9.47 Å². The molecule has 0 aromatic heterocycles. The van der Waals surface area contributed by atoms with E-state index >= 15 is 0 Å². The summed E-state index contributed by atoms with van der Waals surface area (Å²) >= 11 is 0. The highest BCUT2D eigenvalue weighted by Crippen LogP contribution is 2.30. The Hall–Kier alpha value is -2.00. The summed E-state index contributed by atoms with van der Waals surface area (Å²) in [6.07, 6.45) is 6.10. The maximum atomic E-state index is 6.22. The highest BCUT2D eigenvalue weighted by molar-refractivity contribution is 5.33. The van der Waals surface area contributed by atoms with E-state index in [1.54, 1.807) is 0 Å². The van der Waals surface area contributed by atoms with Crippen molar-refractivity contribution in [2.75, 3.05) is 6.61 Å². The summed E-state index contributed by atoms with van der Waals surface area (Å²) in [6.45, 7) is 0.685. The number of rotatable bonds is 6. The molecule has 2 fully saturated rings. The number of nitrogens with one attached hydrogen (secondary N) is 1. The molecule has 24 heavy (non-hydrogen) atoms. The van der Waals surface area contributed by atoms with Crippen molar-refractivity contribution in [3.8, 4) is 11.5 Å². The lowest BCUT2D eigenvalue weighted by Crippen LogP contribution is -2.42. The maximum Gasteiger partial charge on any atom is 0.123 e. The Labute approximate surface area is 144 Å². The van der Waals surface area contributed by atoms with Gasteiger partial charge in [-0.2, -0.15) is 0 Å². The second-order valence-corrected chi connectivity index (χ2v) is 6.91. The average molecular weight is 323 g/mol. The summed E-state index contributed by atoms with van der Waals surface area (Å²) in [4.78, 5) is 0. The van der Waals surface area contributed by atoms with Crippen molar-refractivity contribution in [3.05, 3.63) is 60.2 Å². The second-order valence-electron chi connectivity index (χ2n) is 6.91. The Morgan fingerprint density at radius 2 is 1.62 bits per heavy atom. The van der Waals surface area contributed by atoms with Crippen molar-refractivity contribution in [2.24, 2.45) is 0 Å². The van der Waals surface area contributed by atoms with Crippen LogP contribution >= 0.6 is 0 Å². The standard InChI is InChI=1S/C21H25NO2/c1-2-5-16(6-3-1)11-12-23-19-7-4-8-20(15-19)24-21-13-17-9-10-18(14-21)22-17/h1-8,15,17-18,21-22H,9-14H2. The topological polar surface area (TPSA) is 30.5 Å². The number of hydrogen-bond donors (Lipinski definition) is 1. The Balaban J connectivity index is 1.30. The van der Waals surface area contributed by atoms with Crippen LogP contribution < -0.4 is 14.8 Å². The SMILES string of the molecule is c1ccc(CCOc2cccc(OC3CC4CCC(C3)N4)c2)cc1. The smallest absolute Gasteiger partial charge is 0.123 e. The Kier molecular flexibility index (Phi) is 4.70. The molecule has 1 N–H and O–H groups in total. The Morgan fingerprint density at radius 3 is 2.42 bits per heavy atom. The summed E-state index contributed by atoms with van der Waals surface area (Å²) < 4.78 is 12.1. The third-order valence-electron chi connectivity index (χ3n) is 5.04. The van der Waals surface area contributed by atoms with Crippen molar-refractivity contribution < 1.29 is 9.47 Å². The molecule has 0 radical (unpaired) electrons. The molecule has 2 unspecified atom stereocenters. The van der Waals surface area contributed by atoms with Crippen LogP contribution in [-0.2, 0) is 6.42 Å². The molecule has 3 nitrogen and oxygen atoms in total. The molecule has 2 atom stereocenters. The van der Waals surface area contributed by atoms with Gasteiger partial charge in [-0.1, -0.05) is 36.4 Å². The monoisotopic (exact) mass is 323 g/mol. The molecule has 2 heterocycles. The van der Waals surface area contributed by atoms with Crippen molar-refractivity contribution in [2.45, 2.75) is 50.3 Å². The van der Waals surface area contributed by atoms with E-state index in [0.29, 0.717) is 24.8 Å². The normalized spacial score (nSPS) is 25.4. The van der Waals surface area contributed by atoms with Gasteiger partial charge in [-0.05, 0) is 43.4 Å². The maximum absolute atomic E-state index is 6.22. The molecular weight excluding hydrogens is 298 g/mol. The zero-order valence-electron chi connectivity index (χ0n) is 14.0. The minimum Gasteiger partial charge on any atom is -0.493 e. The fourth-order valence-corrected chi connectivity index (χ4v) is 3.86. The summed E-state index contributed by atoms with van der Waals surface area (Å²) in [6, 6.07) is 19.8. The molecule has 2 aromatic rings. The van der Waals surface area contributed by atoms with E-state index < -0.39 is 0 Å². The van der Waals surface area contributed by atoms with Crippen LogP contribution in [0.25, 0.3) is 0 Å². The molecule has 126 valence electrons. The summed E-state index contributed by atoms with van der Waals surface area (Å²) in [5.41, 5.74) is 1.30. The lowest BCUT2D eigenvalue weighted by Gasteiger charge is -2.29. The molecule has 0 spiro atoms. The van der Waals surface area contributed by atoms with E-state index in [1.165, 1.54) is 18.4 Å². The van der Waals surface area contributed by atoms with Crippen LogP contribution in [0, 0.1) is 0 Å². The first kappa shape index (κ1) is 15.5. The number of benzene rings is 2. The predicted octanol–water partition coefficient (Wildman–Crippen LogP) is 3.97. The molecule has 0 saturated carbocycles. The predicted molar refractivity (Wildman–Crippen MR) is 95.7 cm³/mol. The first-order chi connectivity index (χ1) is 11.8. The molecule has 2 aliphatic heterocycles. The number of piperidine rings is 1. The van der Waals surface area contributed by atoms with Gasteiger partial charge in [0.1, 0.15) is 17.6 Å². The highest BCUT2D eigenvalue weighted by atomic mass is 16.5. The summed E-state index contributed by atoms with van der Waals surface area (Å²) in [5, 5.41) is 3.66. The molecule has 2 aromatic carbocycles. The number of ether oxygens (including phenoxy) is 2. The van der Waals surface area contributed by atoms with Gasteiger partial charge in [-0.15, -0.1) is 0 Å². The van der Waals surface area contributed by atoms with Gasteiger partial charge in [-0.3, -0.25) is 0 Å². The van der Waals surface area contributed by atoms with Gasteiger partial charge in [-0.25, -0.2) is 0 Å². The second kappa shape index (κ2) is 7.27. The molecular formula is C21H25NO2. The van der Waals surface area contributed by atoms with Crippen LogP contribution in [0.3, 0.4) is 0 Å². The van der Waals surface area contributed by atoms with Crippen LogP contribution in [0.4, 0.5) is 0 Å². The third-order valence-corrected chi connectivity index (χ3v) is 5.04. The lowest BCUT2D eigenvalue weighted by molar-refractivity contribution is 0.137. The van der Waals surface area contributed by atoms with Gasteiger partial charge in [0.2, 0.25) is 0 Å². The highest BCUT2D eigenvalue weighted by Gasteiger charge is 2.34. The first-order valence-electron chi connectivity index (χ1n) is 9.05. The molecule has 2 bridgehead atoms. The van der Waals surface area contributed by atoms with Crippen molar-refractivity contribution >= 4 is 0 Å². The van der Waals surface area contributed by atoms with Gasteiger partial charge in [0.25, 0.3) is 0 Å². The van der Waals surface area contributed by atoms with Gasteiger partial charge in [0.15, 0.2) is 0 Å². The van der Waals surface area contributed by atoms with Crippen LogP contribution in [0.1, 0.15) is 31.2 Å². The minimum atomic E-state index is 0.336. The number of hydrogen-bond acceptors (Lipinski definition) is 3.